The molecule has 3 heteroatoms. The van der Waals surface area contributed by atoms with Gasteiger partial charge in [0.15, 0.2) is 0 Å². The Morgan fingerprint density at radius 3 is 2.67 bits per heavy atom. The van der Waals surface area contributed by atoms with Crippen LogP contribution in [0.4, 0.5) is 0 Å². The van der Waals surface area contributed by atoms with Gasteiger partial charge in [0.2, 0.25) is 0 Å². The summed E-state index contributed by atoms with van der Waals surface area (Å²) in [7, 11) is 0. The molecule has 1 aromatic carbocycles. The average molecular weight is 280 g/mol. The van der Waals surface area contributed by atoms with Gasteiger partial charge < -0.3 is 0 Å². The lowest BCUT2D eigenvalue weighted by Gasteiger charge is -2.05. The molecule has 0 atom stereocenters. The number of benzene rings is 1. The second-order valence-corrected chi connectivity index (χ2v) is 5.04. The molecule has 0 saturated heterocycles. The van der Waals surface area contributed by atoms with Crippen molar-refractivity contribution < 1.29 is 0 Å². The van der Waals surface area contributed by atoms with Crippen LogP contribution in [0.15, 0.2) is 57.0 Å². The van der Waals surface area contributed by atoms with Crippen LogP contribution in [-0.4, -0.2) is 4.98 Å². The van der Waals surface area contributed by atoms with E-state index in [4.69, 9.17) is 0 Å². The summed E-state index contributed by atoms with van der Waals surface area (Å²) in [5, 5.41) is 1.01. The van der Waals surface area contributed by atoms with E-state index in [9.17, 15) is 0 Å². The van der Waals surface area contributed by atoms with E-state index in [0.29, 0.717) is 0 Å². The molecule has 15 heavy (non-hydrogen) atoms. The van der Waals surface area contributed by atoms with E-state index in [1.165, 1.54) is 10.5 Å². The SMILES string of the molecule is Cc1ccccc1Sc1ncccc1Br. The minimum absolute atomic E-state index is 1.01. The van der Waals surface area contributed by atoms with E-state index in [1.54, 1.807) is 11.8 Å². The number of nitrogens with zero attached hydrogens (tertiary/aromatic N) is 1. The summed E-state index contributed by atoms with van der Waals surface area (Å²) < 4.78 is 1.04. The Kier molecular flexibility index (Phi) is 3.44. The van der Waals surface area contributed by atoms with Gasteiger partial charge in [-0.25, -0.2) is 4.98 Å². The molecule has 2 rings (SSSR count). The Labute approximate surface area is 102 Å². The predicted octanol–water partition coefficient (Wildman–Crippen LogP) is 4.30. The molecule has 0 radical (unpaired) electrons. The standard InChI is InChI=1S/C12H10BrNS/c1-9-5-2-3-7-11(9)15-12-10(13)6-4-8-14-12/h2-8H,1H3. The maximum absolute atomic E-state index is 4.33. The highest BCUT2D eigenvalue weighted by Crippen LogP contribution is 2.32. The predicted molar refractivity (Wildman–Crippen MR) is 67.2 cm³/mol. The molecule has 0 bridgehead atoms. The summed E-state index contributed by atoms with van der Waals surface area (Å²) in [6, 6.07) is 12.2. The molecule has 0 aliphatic rings. The van der Waals surface area contributed by atoms with Gasteiger partial charge in [-0.15, -0.1) is 0 Å². The minimum atomic E-state index is 1.01. The summed E-state index contributed by atoms with van der Waals surface area (Å²) in [5.41, 5.74) is 1.28. The topological polar surface area (TPSA) is 12.9 Å². The summed E-state index contributed by atoms with van der Waals surface area (Å²) in [6.45, 7) is 2.11. The van der Waals surface area contributed by atoms with E-state index in [2.05, 4.69) is 40.0 Å². The van der Waals surface area contributed by atoms with E-state index in [0.717, 1.165) is 9.50 Å². The number of hydrogen-bond donors (Lipinski definition) is 0. The van der Waals surface area contributed by atoms with E-state index < -0.39 is 0 Å². The van der Waals surface area contributed by atoms with Crippen LogP contribution >= 0.6 is 27.7 Å². The zero-order chi connectivity index (χ0) is 10.7. The lowest BCUT2D eigenvalue weighted by atomic mass is 10.2. The van der Waals surface area contributed by atoms with Gasteiger partial charge in [-0.05, 0) is 46.6 Å². The van der Waals surface area contributed by atoms with Crippen LogP contribution in [0.25, 0.3) is 0 Å². The van der Waals surface area contributed by atoms with E-state index >= 15 is 0 Å². The highest BCUT2D eigenvalue weighted by molar-refractivity contribution is 9.10. The minimum Gasteiger partial charge on any atom is -0.248 e. The largest absolute Gasteiger partial charge is 0.248 e. The van der Waals surface area contributed by atoms with Crippen LogP contribution in [0.3, 0.4) is 0 Å². The van der Waals surface area contributed by atoms with Gasteiger partial charge in [0, 0.05) is 11.1 Å². The third kappa shape index (κ3) is 2.61. The maximum atomic E-state index is 4.33. The lowest BCUT2D eigenvalue weighted by Crippen LogP contribution is -1.83. The summed E-state index contributed by atoms with van der Waals surface area (Å²) >= 11 is 5.18. The van der Waals surface area contributed by atoms with Gasteiger partial charge in [0.05, 0.1) is 4.47 Å². The molecule has 76 valence electrons. The van der Waals surface area contributed by atoms with Crippen molar-refractivity contribution in [2.24, 2.45) is 0 Å². The van der Waals surface area contributed by atoms with Crippen LogP contribution in [-0.2, 0) is 0 Å². The van der Waals surface area contributed by atoms with Gasteiger partial charge in [-0.2, -0.15) is 0 Å². The molecule has 1 aromatic heterocycles. The maximum Gasteiger partial charge on any atom is 0.115 e. The molecule has 0 amide bonds. The van der Waals surface area contributed by atoms with Crippen LogP contribution < -0.4 is 0 Å². The van der Waals surface area contributed by atoms with Crippen LogP contribution in [0.2, 0.25) is 0 Å². The molecule has 0 saturated carbocycles. The van der Waals surface area contributed by atoms with Crippen molar-refractivity contribution in [3.8, 4) is 0 Å². The normalized spacial score (nSPS) is 10.3. The quantitative estimate of drug-likeness (QED) is 0.813. The molecule has 0 N–H and O–H groups in total. The summed E-state index contributed by atoms with van der Waals surface area (Å²) in [6.07, 6.45) is 1.81. The molecule has 0 fully saturated rings. The Morgan fingerprint density at radius 1 is 1.13 bits per heavy atom. The zero-order valence-electron chi connectivity index (χ0n) is 8.27. The van der Waals surface area contributed by atoms with Crippen molar-refractivity contribution in [1.82, 2.24) is 4.98 Å². The number of aromatic nitrogens is 1. The first kappa shape index (κ1) is 10.7. The van der Waals surface area contributed by atoms with Gasteiger partial charge >= 0.3 is 0 Å². The average Bonchev–Trinajstić information content (AvgIpc) is 2.24. The Bertz CT molecular complexity index is 427. The number of hydrogen-bond acceptors (Lipinski definition) is 2. The van der Waals surface area contributed by atoms with Crippen LogP contribution in [0, 0.1) is 6.92 Å². The van der Waals surface area contributed by atoms with Crippen molar-refractivity contribution in [1.29, 1.82) is 0 Å². The van der Waals surface area contributed by atoms with Crippen LogP contribution in [0.1, 0.15) is 5.56 Å². The Balaban J connectivity index is 2.30. The zero-order valence-corrected chi connectivity index (χ0v) is 10.7. The van der Waals surface area contributed by atoms with Crippen LogP contribution in [0.5, 0.6) is 0 Å². The molecule has 1 nitrogen and oxygen atoms in total. The molecule has 2 aromatic rings. The Hall–Kier alpha value is -0.800. The fourth-order valence-electron chi connectivity index (χ4n) is 1.22. The van der Waals surface area contributed by atoms with Crippen molar-refractivity contribution >= 4 is 27.7 Å². The Morgan fingerprint density at radius 2 is 1.93 bits per heavy atom. The number of pyridine rings is 1. The molecule has 0 spiro atoms. The van der Waals surface area contributed by atoms with E-state index in [1.807, 2.05) is 30.5 Å². The first-order valence-corrected chi connectivity index (χ1v) is 6.22. The second kappa shape index (κ2) is 4.81. The lowest BCUT2D eigenvalue weighted by molar-refractivity contribution is 1.10. The fourth-order valence-corrected chi connectivity index (χ4v) is 2.58. The first-order chi connectivity index (χ1) is 7.27. The van der Waals surface area contributed by atoms with Crippen molar-refractivity contribution in [2.75, 3.05) is 0 Å². The highest BCUT2D eigenvalue weighted by Gasteiger charge is 2.04. The van der Waals surface area contributed by atoms with Gasteiger partial charge in [0.1, 0.15) is 5.03 Å². The third-order valence-corrected chi connectivity index (χ3v) is 4.12. The molecular weight excluding hydrogens is 270 g/mol. The van der Waals surface area contributed by atoms with Gasteiger partial charge in [-0.3, -0.25) is 0 Å². The fraction of sp³-hybridized carbons (Fsp3) is 0.0833. The number of rotatable bonds is 2. The molecule has 1 heterocycles. The second-order valence-electron chi connectivity index (χ2n) is 3.16. The molecule has 0 unspecified atom stereocenters. The number of aryl methyl sites for hydroxylation is 1. The monoisotopic (exact) mass is 279 g/mol. The molecule has 0 aliphatic carbocycles. The molecule has 0 aliphatic heterocycles. The van der Waals surface area contributed by atoms with Crippen molar-refractivity contribution in [2.45, 2.75) is 16.8 Å². The summed E-state index contributed by atoms with van der Waals surface area (Å²) in [5.74, 6) is 0. The summed E-state index contributed by atoms with van der Waals surface area (Å²) in [4.78, 5) is 5.58. The van der Waals surface area contributed by atoms with Crippen molar-refractivity contribution in [3.63, 3.8) is 0 Å². The highest BCUT2D eigenvalue weighted by atomic mass is 79.9. The van der Waals surface area contributed by atoms with Crippen molar-refractivity contribution in [3.05, 3.63) is 52.6 Å². The smallest absolute Gasteiger partial charge is 0.115 e. The third-order valence-electron chi connectivity index (χ3n) is 2.02. The first-order valence-electron chi connectivity index (χ1n) is 4.61. The van der Waals surface area contributed by atoms with Gasteiger partial charge in [-0.1, -0.05) is 30.0 Å². The molecular formula is C12H10BrNS. The number of halogens is 1. The van der Waals surface area contributed by atoms with E-state index in [-0.39, 0.29) is 0 Å². The van der Waals surface area contributed by atoms with Gasteiger partial charge in [0.25, 0.3) is 0 Å².